The largest absolute Gasteiger partial charge is 0.449 e. The summed E-state index contributed by atoms with van der Waals surface area (Å²) in [5, 5.41) is 0. The number of carbonyl (C=O) groups is 1. The van der Waals surface area contributed by atoms with Crippen LogP contribution in [0.5, 0.6) is 0 Å². The van der Waals surface area contributed by atoms with Crippen molar-refractivity contribution in [1.82, 2.24) is 4.90 Å². The predicted molar refractivity (Wildman–Crippen MR) is 57.2 cm³/mol. The molecule has 0 amide bonds. The van der Waals surface area contributed by atoms with Gasteiger partial charge in [0.25, 0.3) is 0 Å². The summed E-state index contributed by atoms with van der Waals surface area (Å²) in [4.78, 5) is 13.4. The van der Waals surface area contributed by atoms with Crippen molar-refractivity contribution in [2.24, 2.45) is 0 Å². The third-order valence-corrected chi connectivity index (χ3v) is 1.89. The molecule has 1 rings (SSSR count). The molecule has 1 aliphatic heterocycles. The van der Waals surface area contributed by atoms with Crippen LogP contribution in [0.4, 0.5) is 0 Å². The number of ether oxygens (including phenoxy) is 1. The third kappa shape index (κ3) is 3.82. The molecule has 1 aliphatic rings. The number of rotatable bonds is 2. The number of nitrogens with zero attached hydrogens (tertiary/aromatic N) is 1. The zero-order chi connectivity index (χ0) is 9.68. The Hall–Kier alpha value is -0.980. The highest BCUT2D eigenvalue weighted by Crippen LogP contribution is 2.08. The molecule has 14 heavy (non-hydrogen) atoms. The number of hydrogen-bond donors (Lipinski definition) is 0. The fourth-order valence-corrected chi connectivity index (χ4v) is 1.24. The van der Waals surface area contributed by atoms with E-state index < -0.39 is 0 Å². The van der Waals surface area contributed by atoms with Crippen LogP contribution >= 0.6 is 12.4 Å². The van der Waals surface area contributed by atoms with Gasteiger partial charge in [-0.3, -0.25) is 0 Å². The Bertz CT molecular complexity index is 268. The SMILES string of the molecule is C#CCOC(=O)C1=CCCN(C)C1.Cl. The normalized spacial score (nSPS) is 16.1. The molecule has 0 aromatic rings. The van der Waals surface area contributed by atoms with E-state index in [1.165, 1.54) is 0 Å². The third-order valence-electron chi connectivity index (χ3n) is 1.89. The van der Waals surface area contributed by atoms with Gasteiger partial charge in [-0.2, -0.15) is 0 Å². The van der Waals surface area contributed by atoms with Gasteiger partial charge in [0.1, 0.15) is 0 Å². The Kier molecular flexibility index (Phi) is 6.02. The maximum absolute atomic E-state index is 11.3. The summed E-state index contributed by atoms with van der Waals surface area (Å²) < 4.78 is 4.81. The van der Waals surface area contributed by atoms with Crippen LogP contribution in [-0.4, -0.2) is 37.6 Å². The van der Waals surface area contributed by atoms with Crippen LogP contribution in [0, 0.1) is 12.3 Å². The molecule has 4 heteroatoms. The van der Waals surface area contributed by atoms with Crippen molar-refractivity contribution < 1.29 is 9.53 Å². The van der Waals surface area contributed by atoms with Gasteiger partial charge in [0.2, 0.25) is 0 Å². The van der Waals surface area contributed by atoms with Crippen LogP contribution in [-0.2, 0) is 9.53 Å². The summed E-state index contributed by atoms with van der Waals surface area (Å²) in [6, 6.07) is 0. The van der Waals surface area contributed by atoms with Crippen molar-refractivity contribution in [2.45, 2.75) is 6.42 Å². The topological polar surface area (TPSA) is 29.5 Å². The number of hydrogen-bond acceptors (Lipinski definition) is 3. The zero-order valence-electron chi connectivity index (χ0n) is 8.16. The lowest BCUT2D eigenvalue weighted by molar-refractivity contribution is -0.138. The molecule has 0 aromatic heterocycles. The van der Waals surface area contributed by atoms with Crippen molar-refractivity contribution in [3.05, 3.63) is 11.6 Å². The summed E-state index contributed by atoms with van der Waals surface area (Å²) in [6.45, 7) is 1.70. The van der Waals surface area contributed by atoms with Crippen molar-refractivity contribution in [3.63, 3.8) is 0 Å². The van der Waals surface area contributed by atoms with E-state index in [1.54, 1.807) is 0 Å². The fourth-order valence-electron chi connectivity index (χ4n) is 1.24. The summed E-state index contributed by atoms with van der Waals surface area (Å²) in [5.41, 5.74) is 0.712. The first-order valence-electron chi connectivity index (χ1n) is 4.22. The van der Waals surface area contributed by atoms with Crippen molar-refractivity contribution >= 4 is 18.4 Å². The number of terminal acetylenes is 1. The molecule has 0 atom stereocenters. The van der Waals surface area contributed by atoms with Gasteiger partial charge in [0.15, 0.2) is 6.61 Å². The highest BCUT2D eigenvalue weighted by Gasteiger charge is 2.15. The first kappa shape index (κ1) is 13.0. The average Bonchev–Trinajstić information content (AvgIpc) is 2.14. The molecule has 0 spiro atoms. The Morgan fingerprint density at radius 3 is 3.07 bits per heavy atom. The molecule has 0 saturated carbocycles. The van der Waals surface area contributed by atoms with Gasteiger partial charge >= 0.3 is 5.97 Å². The monoisotopic (exact) mass is 215 g/mol. The first-order chi connectivity index (χ1) is 6.24. The molecule has 0 aromatic carbocycles. The Labute approximate surface area is 90.5 Å². The maximum Gasteiger partial charge on any atom is 0.335 e. The van der Waals surface area contributed by atoms with E-state index in [1.807, 2.05) is 13.1 Å². The molecular formula is C10H14ClNO2. The maximum atomic E-state index is 11.3. The van der Waals surface area contributed by atoms with Crippen LogP contribution in [0.15, 0.2) is 11.6 Å². The Balaban J connectivity index is 0.00000169. The van der Waals surface area contributed by atoms with E-state index in [0.29, 0.717) is 12.1 Å². The van der Waals surface area contributed by atoms with E-state index in [0.717, 1.165) is 13.0 Å². The summed E-state index contributed by atoms with van der Waals surface area (Å²) in [6.07, 6.45) is 7.79. The lowest BCUT2D eigenvalue weighted by atomic mass is 10.1. The molecule has 0 unspecified atom stereocenters. The Morgan fingerprint density at radius 2 is 2.50 bits per heavy atom. The lowest BCUT2D eigenvalue weighted by Crippen LogP contribution is -2.29. The van der Waals surface area contributed by atoms with Crippen LogP contribution in [0.1, 0.15) is 6.42 Å². The number of halogens is 1. The average molecular weight is 216 g/mol. The quantitative estimate of drug-likeness (QED) is 0.505. The van der Waals surface area contributed by atoms with E-state index in [9.17, 15) is 4.79 Å². The number of carbonyl (C=O) groups excluding carboxylic acids is 1. The second-order valence-electron chi connectivity index (χ2n) is 3.04. The van der Waals surface area contributed by atoms with E-state index in [4.69, 9.17) is 11.2 Å². The van der Waals surface area contributed by atoms with Gasteiger partial charge in [-0.05, 0) is 13.5 Å². The first-order valence-corrected chi connectivity index (χ1v) is 4.22. The van der Waals surface area contributed by atoms with Crippen LogP contribution in [0.25, 0.3) is 0 Å². The minimum absolute atomic E-state index is 0. The second kappa shape index (κ2) is 6.47. The molecule has 0 bridgehead atoms. The summed E-state index contributed by atoms with van der Waals surface area (Å²) >= 11 is 0. The zero-order valence-corrected chi connectivity index (χ0v) is 8.97. The fraction of sp³-hybridized carbons (Fsp3) is 0.500. The van der Waals surface area contributed by atoms with E-state index in [2.05, 4.69) is 10.8 Å². The highest BCUT2D eigenvalue weighted by molar-refractivity contribution is 5.89. The highest BCUT2D eigenvalue weighted by atomic mass is 35.5. The van der Waals surface area contributed by atoms with Crippen LogP contribution < -0.4 is 0 Å². The molecule has 0 N–H and O–H groups in total. The van der Waals surface area contributed by atoms with Gasteiger partial charge in [-0.15, -0.1) is 18.8 Å². The van der Waals surface area contributed by atoms with Gasteiger partial charge < -0.3 is 9.64 Å². The van der Waals surface area contributed by atoms with Crippen molar-refractivity contribution in [2.75, 3.05) is 26.7 Å². The molecule has 0 aliphatic carbocycles. The lowest BCUT2D eigenvalue weighted by Gasteiger charge is -2.21. The minimum atomic E-state index is -0.287. The van der Waals surface area contributed by atoms with Gasteiger partial charge in [-0.25, -0.2) is 4.79 Å². The van der Waals surface area contributed by atoms with Gasteiger partial charge in [0, 0.05) is 18.7 Å². The summed E-state index contributed by atoms with van der Waals surface area (Å²) in [7, 11) is 1.97. The minimum Gasteiger partial charge on any atom is -0.449 e. The molecule has 1 heterocycles. The molecule has 0 saturated heterocycles. The molecular weight excluding hydrogens is 202 g/mol. The van der Waals surface area contributed by atoms with Gasteiger partial charge in [0.05, 0.1) is 0 Å². The van der Waals surface area contributed by atoms with Crippen LogP contribution in [0.2, 0.25) is 0 Å². The molecule has 0 fully saturated rings. The number of likely N-dealkylation sites (N-methyl/N-ethyl adjacent to an activating group) is 1. The van der Waals surface area contributed by atoms with Crippen LogP contribution in [0.3, 0.4) is 0 Å². The van der Waals surface area contributed by atoms with Crippen molar-refractivity contribution in [1.29, 1.82) is 0 Å². The molecule has 78 valence electrons. The van der Waals surface area contributed by atoms with E-state index in [-0.39, 0.29) is 25.0 Å². The predicted octanol–water partition coefficient (Wildman–Crippen LogP) is 0.847. The summed E-state index contributed by atoms with van der Waals surface area (Å²) in [5.74, 6) is 1.98. The second-order valence-corrected chi connectivity index (χ2v) is 3.04. The van der Waals surface area contributed by atoms with Crippen molar-refractivity contribution in [3.8, 4) is 12.3 Å². The smallest absolute Gasteiger partial charge is 0.335 e. The number of esters is 1. The standard InChI is InChI=1S/C10H13NO2.ClH/c1-3-7-13-10(12)9-5-4-6-11(2)8-9;/h1,5H,4,6-8H2,2H3;1H. The molecule has 0 radical (unpaired) electrons. The van der Waals surface area contributed by atoms with E-state index >= 15 is 0 Å². The molecule has 3 nitrogen and oxygen atoms in total. The Morgan fingerprint density at radius 1 is 1.79 bits per heavy atom. The van der Waals surface area contributed by atoms with Gasteiger partial charge in [-0.1, -0.05) is 12.0 Å².